The van der Waals surface area contributed by atoms with E-state index in [9.17, 15) is 4.79 Å². The summed E-state index contributed by atoms with van der Waals surface area (Å²) < 4.78 is 1.52. The van der Waals surface area contributed by atoms with Crippen LogP contribution in [-0.2, 0) is 6.54 Å². The highest BCUT2D eigenvalue weighted by atomic mass is 16.4. The van der Waals surface area contributed by atoms with Gasteiger partial charge in [0.1, 0.15) is 0 Å². The summed E-state index contributed by atoms with van der Waals surface area (Å²) in [6.07, 6.45) is 1.57. The summed E-state index contributed by atoms with van der Waals surface area (Å²) in [5.74, 6) is 0. The molecule has 0 fully saturated rings. The Morgan fingerprint density at radius 1 is 1.17 bits per heavy atom. The van der Waals surface area contributed by atoms with Crippen LogP contribution < -0.4 is 11.0 Å². The van der Waals surface area contributed by atoms with Crippen LogP contribution in [0.1, 0.15) is 11.1 Å². The highest BCUT2D eigenvalue weighted by Gasteiger charge is 2.11. The fourth-order valence-corrected chi connectivity index (χ4v) is 1.70. The van der Waals surface area contributed by atoms with E-state index in [0.29, 0.717) is 6.54 Å². The number of nitrogens with zero attached hydrogens (tertiary/aromatic N) is 1. The zero-order valence-electron chi connectivity index (χ0n) is 10.1. The normalized spacial score (nSPS) is 10.4. The maximum absolute atomic E-state index is 11.8. The molecule has 1 heterocycles. The van der Waals surface area contributed by atoms with Gasteiger partial charge in [0, 0.05) is 12.3 Å². The molecule has 1 aromatic heterocycles. The molecule has 2 aromatic rings. The first-order valence-corrected chi connectivity index (χ1v) is 5.68. The molecule has 4 nitrogen and oxygen atoms in total. The Labute approximate surface area is 105 Å². The number of hydrogen-bond acceptors (Lipinski definition) is 3. The minimum Gasteiger partial charge on any atom is -0.423 e. The monoisotopic (exact) mass is 243 g/mol. The third kappa shape index (κ3) is 2.88. The van der Waals surface area contributed by atoms with Crippen LogP contribution in [0.3, 0.4) is 0 Å². The highest BCUT2D eigenvalue weighted by molar-refractivity contribution is 6.58. The maximum atomic E-state index is 11.8. The van der Waals surface area contributed by atoms with Crippen molar-refractivity contribution in [2.75, 3.05) is 0 Å². The highest BCUT2D eigenvalue weighted by Crippen LogP contribution is 2.03. The third-order valence-electron chi connectivity index (χ3n) is 2.79. The Kier molecular flexibility index (Phi) is 3.65. The fraction of sp³-hybridized carbons (Fsp3) is 0.154. The Hall–Kier alpha value is -1.85. The van der Waals surface area contributed by atoms with E-state index in [2.05, 4.69) is 0 Å². The van der Waals surface area contributed by atoms with E-state index in [4.69, 9.17) is 10.0 Å². The molecule has 0 aliphatic carbocycles. The second-order valence-electron chi connectivity index (χ2n) is 4.29. The van der Waals surface area contributed by atoms with Gasteiger partial charge in [-0.05, 0) is 24.0 Å². The molecule has 0 spiro atoms. The first kappa shape index (κ1) is 12.6. The predicted octanol–water partition coefficient (Wildman–Crippen LogP) is -0.115. The van der Waals surface area contributed by atoms with E-state index >= 15 is 0 Å². The molecule has 0 radical (unpaired) electrons. The quantitative estimate of drug-likeness (QED) is 0.739. The number of rotatable bonds is 3. The van der Waals surface area contributed by atoms with Gasteiger partial charge in [0.2, 0.25) is 5.56 Å². The van der Waals surface area contributed by atoms with Gasteiger partial charge in [-0.3, -0.25) is 4.79 Å². The lowest BCUT2D eigenvalue weighted by Crippen LogP contribution is -2.35. The van der Waals surface area contributed by atoms with E-state index in [1.165, 1.54) is 22.3 Å². The molecule has 0 bridgehead atoms. The molecule has 0 unspecified atom stereocenters. The van der Waals surface area contributed by atoms with Crippen molar-refractivity contribution in [1.82, 2.24) is 4.57 Å². The van der Waals surface area contributed by atoms with Gasteiger partial charge < -0.3 is 14.6 Å². The summed E-state index contributed by atoms with van der Waals surface area (Å²) in [7, 11) is -1.60. The summed E-state index contributed by atoms with van der Waals surface area (Å²) in [5.41, 5.74) is 2.16. The smallest absolute Gasteiger partial charge is 0.423 e. The molecule has 18 heavy (non-hydrogen) atoms. The average Bonchev–Trinajstić information content (AvgIpc) is 2.34. The van der Waals surface area contributed by atoms with Crippen LogP contribution in [0.5, 0.6) is 0 Å². The van der Waals surface area contributed by atoms with Crippen molar-refractivity contribution in [2.24, 2.45) is 0 Å². The van der Waals surface area contributed by atoms with E-state index < -0.39 is 7.12 Å². The van der Waals surface area contributed by atoms with Crippen molar-refractivity contribution in [2.45, 2.75) is 13.5 Å². The van der Waals surface area contributed by atoms with E-state index in [0.717, 1.165) is 5.56 Å². The van der Waals surface area contributed by atoms with Gasteiger partial charge in [-0.25, -0.2) is 0 Å². The molecule has 1 aromatic carbocycles. The summed E-state index contributed by atoms with van der Waals surface area (Å²) in [5, 5.41) is 17.9. The van der Waals surface area contributed by atoms with Gasteiger partial charge >= 0.3 is 7.12 Å². The van der Waals surface area contributed by atoms with E-state index in [1.54, 1.807) is 6.20 Å². The van der Waals surface area contributed by atoms with Crippen molar-refractivity contribution in [3.63, 3.8) is 0 Å². The third-order valence-corrected chi connectivity index (χ3v) is 2.79. The number of benzene rings is 1. The minimum absolute atomic E-state index is 0.208. The maximum Gasteiger partial charge on any atom is 0.488 e. The molecule has 0 saturated heterocycles. The largest absolute Gasteiger partial charge is 0.488 e. The van der Waals surface area contributed by atoms with Crippen LogP contribution in [0.25, 0.3) is 0 Å². The molecule has 0 saturated carbocycles. The topological polar surface area (TPSA) is 62.5 Å². The summed E-state index contributed by atoms with van der Waals surface area (Å²) in [6.45, 7) is 2.48. The lowest BCUT2D eigenvalue weighted by Gasteiger charge is -2.07. The van der Waals surface area contributed by atoms with E-state index in [1.807, 2.05) is 31.2 Å². The zero-order chi connectivity index (χ0) is 13.1. The fourth-order valence-electron chi connectivity index (χ4n) is 1.70. The second-order valence-corrected chi connectivity index (χ2v) is 4.29. The summed E-state index contributed by atoms with van der Waals surface area (Å²) in [4.78, 5) is 11.8. The zero-order valence-corrected chi connectivity index (χ0v) is 10.1. The lowest BCUT2D eigenvalue weighted by molar-refractivity contribution is 0.425. The Morgan fingerprint density at radius 3 is 2.39 bits per heavy atom. The Morgan fingerprint density at radius 2 is 1.83 bits per heavy atom. The average molecular weight is 243 g/mol. The molecule has 0 aliphatic rings. The van der Waals surface area contributed by atoms with Gasteiger partial charge in [-0.15, -0.1) is 0 Å². The van der Waals surface area contributed by atoms with Crippen molar-refractivity contribution >= 4 is 12.6 Å². The van der Waals surface area contributed by atoms with Crippen LogP contribution in [0.4, 0.5) is 0 Å². The number of aromatic nitrogens is 1. The molecule has 0 atom stereocenters. The molecular weight excluding hydrogens is 229 g/mol. The van der Waals surface area contributed by atoms with Gasteiger partial charge in [0.15, 0.2) is 0 Å². The first-order valence-electron chi connectivity index (χ1n) is 5.68. The molecule has 0 amide bonds. The Bertz CT molecular complexity index is 590. The van der Waals surface area contributed by atoms with E-state index in [-0.39, 0.29) is 11.0 Å². The SMILES string of the molecule is Cc1ccc(Cn2ccc(B(O)O)cc2=O)cc1. The van der Waals surface area contributed by atoms with Crippen molar-refractivity contribution in [1.29, 1.82) is 0 Å². The van der Waals surface area contributed by atoms with Gasteiger partial charge in [-0.2, -0.15) is 0 Å². The second kappa shape index (κ2) is 5.20. The molecule has 0 aliphatic heterocycles. The predicted molar refractivity (Wildman–Crippen MR) is 70.8 cm³/mol. The Balaban J connectivity index is 2.25. The number of hydrogen-bond donors (Lipinski definition) is 2. The van der Waals surface area contributed by atoms with Crippen LogP contribution in [-0.4, -0.2) is 21.7 Å². The van der Waals surface area contributed by atoms with Crippen LogP contribution >= 0.6 is 0 Å². The molecule has 2 N–H and O–H groups in total. The first-order chi connectivity index (χ1) is 8.56. The molecule has 2 rings (SSSR count). The molecule has 5 heteroatoms. The number of aryl methyl sites for hydroxylation is 1. The number of pyridine rings is 1. The summed E-state index contributed by atoms with van der Waals surface area (Å²) in [6, 6.07) is 10.7. The molecular formula is C13H14BNO3. The van der Waals surface area contributed by atoms with Crippen LogP contribution in [0.15, 0.2) is 47.4 Å². The van der Waals surface area contributed by atoms with Gasteiger partial charge in [0.25, 0.3) is 0 Å². The lowest BCUT2D eigenvalue weighted by atomic mass is 9.81. The minimum atomic E-state index is -1.60. The molecule has 92 valence electrons. The van der Waals surface area contributed by atoms with Crippen LogP contribution in [0, 0.1) is 6.92 Å². The van der Waals surface area contributed by atoms with Crippen molar-refractivity contribution in [3.05, 3.63) is 64.1 Å². The van der Waals surface area contributed by atoms with Crippen molar-refractivity contribution < 1.29 is 10.0 Å². The van der Waals surface area contributed by atoms with Crippen LogP contribution in [0.2, 0.25) is 0 Å². The van der Waals surface area contributed by atoms with Gasteiger partial charge in [0.05, 0.1) is 6.54 Å². The standard InChI is InChI=1S/C13H14BNO3/c1-10-2-4-11(5-3-10)9-15-7-6-12(14(17)18)8-13(15)16/h2-8,17-18H,9H2,1H3. The van der Waals surface area contributed by atoms with Crippen molar-refractivity contribution in [3.8, 4) is 0 Å². The van der Waals surface area contributed by atoms with Gasteiger partial charge in [-0.1, -0.05) is 29.8 Å². The summed E-state index contributed by atoms with van der Waals surface area (Å²) >= 11 is 0.